The van der Waals surface area contributed by atoms with Crippen molar-refractivity contribution in [2.24, 2.45) is 0 Å². The average molecular weight is 200 g/mol. The van der Waals surface area contributed by atoms with Gasteiger partial charge in [0.2, 0.25) is 0 Å². The Balaban J connectivity index is 2.18. The van der Waals surface area contributed by atoms with E-state index in [1.54, 1.807) is 18.5 Å². The molecule has 0 unspecified atom stereocenters. The molecule has 0 bridgehead atoms. The van der Waals surface area contributed by atoms with Crippen LogP contribution in [0.15, 0.2) is 36.8 Å². The fourth-order valence-corrected chi connectivity index (χ4v) is 1.25. The second kappa shape index (κ2) is 3.96. The zero-order valence-electron chi connectivity index (χ0n) is 8.44. The van der Waals surface area contributed by atoms with E-state index in [1.807, 2.05) is 25.3 Å². The predicted molar refractivity (Wildman–Crippen MR) is 60.9 cm³/mol. The molecule has 2 aromatic rings. The zero-order valence-corrected chi connectivity index (χ0v) is 8.44. The van der Waals surface area contributed by atoms with Crippen molar-refractivity contribution < 1.29 is 0 Å². The van der Waals surface area contributed by atoms with Crippen molar-refractivity contribution in [3.63, 3.8) is 0 Å². The molecule has 4 nitrogen and oxygen atoms in total. The van der Waals surface area contributed by atoms with Gasteiger partial charge in [0.1, 0.15) is 5.82 Å². The summed E-state index contributed by atoms with van der Waals surface area (Å²) < 4.78 is 0. The molecule has 0 saturated heterocycles. The molecule has 4 heteroatoms. The molecule has 2 aromatic heterocycles. The SMILES string of the molecule is Cc1cncc(Nc2ccc(N)cn2)c1. The smallest absolute Gasteiger partial charge is 0.130 e. The summed E-state index contributed by atoms with van der Waals surface area (Å²) in [4.78, 5) is 8.22. The van der Waals surface area contributed by atoms with Gasteiger partial charge in [0.25, 0.3) is 0 Å². The van der Waals surface area contributed by atoms with Crippen LogP contribution in [0.4, 0.5) is 17.2 Å². The van der Waals surface area contributed by atoms with Gasteiger partial charge < -0.3 is 11.1 Å². The first-order valence-corrected chi connectivity index (χ1v) is 4.64. The van der Waals surface area contributed by atoms with Gasteiger partial charge in [-0.05, 0) is 30.7 Å². The molecular formula is C11H12N4. The van der Waals surface area contributed by atoms with E-state index in [2.05, 4.69) is 15.3 Å². The van der Waals surface area contributed by atoms with Crippen molar-refractivity contribution in [3.8, 4) is 0 Å². The van der Waals surface area contributed by atoms with Gasteiger partial charge in [0, 0.05) is 6.20 Å². The Labute approximate surface area is 88.2 Å². The second-order valence-corrected chi connectivity index (χ2v) is 3.35. The lowest BCUT2D eigenvalue weighted by atomic mass is 10.3. The van der Waals surface area contributed by atoms with Crippen LogP contribution in [-0.2, 0) is 0 Å². The summed E-state index contributed by atoms with van der Waals surface area (Å²) in [6.07, 6.45) is 5.18. The van der Waals surface area contributed by atoms with E-state index in [1.165, 1.54) is 0 Å². The zero-order chi connectivity index (χ0) is 10.7. The van der Waals surface area contributed by atoms with Gasteiger partial charge >= 0.3 is 0 Å². The van der Waals surface area contributed by atoms with Gasteiger partial charge in [-0.2, -0.15) is 0 Å². The van der Waals surface area contributed by atoms with Crippen LogP contribution in [0.2, 0.25) is 0 Å². The molecule has 15 heavy (non-hydrogen) atoms. The minimum atomic E-state index is 0.655. The van der Waals surface area contributed by atoms with Crippen LogP contribution in [0.3, 0.4) is 0 Å². The Hall–Kier alpha value is -2.10. The Morgan fingerprint density at radius 2 is 2.07 bits per heavy atom. The van der Waals surface area contributed by atoms with E-state index in [9.17, 15) is 0 Å². The van der Waals surface area contributed by atoms with Crippen LogP contribution in [0.25, 0.3) is 0 Å². The number of nitrogens with two attached hydrogens (primary N) is 1. The highest BCUT2D eigenvalue weighted by Crippen LogP contribution is 2.14. The molecule has 0 amide bonds. The number of nitrogens with zero attached hydrogens (tertiary/aromatic N) is 2. The van der Waals surface area contributed by atoms with Crippen LogP contribution < -0.4 is 11.1 Å². The third-order valence-corrected chi connectivity index (χ3v) is 1.93. The van der Waals surface area contributed by atoms with Crippen LogP contribution in [0, 0.1) is 6.92 Å². The highest BCUT2D eigenvalue weighted by Gasteiger charge is 1.96. The number of anilines is 3. The topological polar surface area (TPSA) is 63.8 Å². The number of pyridine rings is 2. The molecule has 0 radical (unpaired) electrons. The molecule has 0 aliphatic rings. The van der Waals surface area contributed by atoms with Crippen molar-refractivity contribution >= 4 is 17.2 Å². The first kappa shape index (κ1) is 9.45. The Kier molecular flexibility index (Phi) is 2.49. The number of nitrogens with one attached hydrogen (secondary N) is 1. The van der Waals surface area contributed by atoms with Crippen molar-refractivity contribution in [1.82, 2.24) is 9.97 Å². The lowest BCUT2D eigenvalue weighted by molar-refractivity contribution is 1.25. The monoisotopic (exact) mass is 200 g/mol. The maximum absolute atomic E-state index is 5.54. The van der Waals surface area contributed by atoms with Gasteiger partial charge in [-0.25, -0.2) is 4.98 Å². The summed E-state index contributed by atoms with van der Waals surface area (Å²) in [6, 6.07) is 5.64. The average Bonchev–Trinajstić information content (AvgIpc) is 2.22. The number of aromatic nitrogens is 2. The van der Waals surface area contributed by atoms with E-state index in [0.717, 1.165) is 17.1 Å². The fraction of sp³-hybridized carbons (Fsp3) is 0.0909. The molecule has 0 fully saturated rings. The van der Waals surface area contributed by atoms with Gasteiger partial charge in [-0.1, -0.05) is 0 Å². The normalized spacial score (nSPS) is 9.93. The highest BCUT2D eigenvalue weighted by molar-refractivity contribution is 5.56. The van der Waals surface area contributed by atoms with E-state index in [-0.39, 0.29) is 0 Å². The van der Waals surface area contributed by atoms with Crippen molar-refractivity contribution in [3.05, 3.63) is 42.4 Å². The molecule has 2 heterocycles. The maximum atomic E-state index is 5.54. The van der Waals surface area contributed by atoms with Crippen molar-refractivity contribution in [1.29, 1.82) is 0 Å². The van der Waals surface area contributed by atoms with Gasteiger partial charge in [0.15, 0.2) is 0 Å². The van der Waals surface area contributed by atoms with Gasteiger partial charge in [-0.3, -0.25) is 4.98 Å². The van der Waals surface area contributed by atoms with Crippen LogP contribution in [0.5, 0.6) is 0 Å². The first-order valence-electron chi connectivity index (χ1n) is 4.64. The lowest BCUT2D eigenvalue weighted by Gasteiger charge is -2.05. The van der Waals surface area contributed by atoms with E-state index >= 15 is 0 Å². The summed E-state index contributed by atoms with van der Waals surface area (Å²) in [6.45, 7) is 1.99. The summed E-state index contributed by atoms with van der Waals surface area (Å²) >= 11 is 0. The van der Waals surface area contributed by atoms with E-state index < -0.39 is 0 Å². The molecule has 0 aromatic carbocycles. The van der Waals surface area contributed by atoms with Crippen LogP contribution in [0.1, 0.15) is 5.56 Å². The second-order valence-electron chi connectivity index (χ2n) is 3.35. The largest absolute Gasteiger partial charge is 0.397 e. The maximum Gasteiger partial charge on any atom is 0.130 e. The third kappa shape index (κ3) is 2.43. The number of nitrogen functional groups attached to an aromatic ring is 1. The summed E-state index contributed by atoms with van der Waals surface area (Å²) in [5.74, 6) is 0.761. The number of rotatable bonds is 2. The summed E-state index contributed by atoms with van der Waals surface area (Å²) in [7, 11) is 0. The minimum Gasteiger partial charge on any atom is -0.397 e. The number of hydrogen-bond acceptors (Lipinski definition) is 4. The van der Waals surface area contributed by atoms with Crippen LogP contribution >= 0.6 is 0 Å². The molecule has 0 atom stereocenters. The molecular weight excluding hydrogens is 188 g/mol. The Morgan fingerprint density at radius 1 is 1.20 bits per heavy atom. The van der Waals surface area contributed by atoms with E-state index in [0.29, 0.717) is 5.69 Å². The third-order valence-electron chi connectivity index (χ3n) is 1.93. The Bertz CT molecular complexity index is 450. The molecule has 3 N–H and O–H groups in total. The van der Waals surface area contributed by atoms with Crippen molar-refractivity contribution in [2.45, 2.75) is 6.92 Å². The molecule has 0 saturated carbocycles. The van der Waals surface area contributed by atoms with Gasteiger partial charge in [-0.15, -0.1) is 0 Å². The molecule has 0 aliphatic heterocycles. The lowest BCUT2D eigenvalue weighted by Crippen LogP contribution is -1.95. The standard InChI is InChI=1S/C11H12N4/c1-8-4-10(7-13-5-8)15-11-3-2-9(12)6-14-11/h2-7H,12H2,1H3,(H,14,15). The fourth-order valence-electron chi connectivity index (χ4n) is 1.25. The first-order chi connectivity index (χ1) is 7.24. The highest BCUT2D eigenvalue weighted by atomic mass is 15.0. The minimum absolute atomic E-state index is 0.655. The van der Waals surface area contributed by atoms with Crippen molar-refractivity contribution in [2.75, 3.05) is 11.1 Å². The summed E-state index contributed by atoms with van der Waals surface area (Å²) in [5.41, 5.74) is 8.23. The van der Waals surface area contributed by atoms with E-state index in [4.69, 9.17) is 5.73 Å². The van der Waals surface area contributed by atoms with Crippen LogP contribution in [-0.4, -0.2) is 9.97 Å². The molecule has 0 aliphatic carbocycles. The molecule has 2 rings (SSSR count). The van der Waals surface area contributed by atoms with Gasteiger partial charge in [0.05, 0.1) is 23.8 Å². The quantitative estimate of drug-likeness (QED) is 0.779. The summed E-state index contributed by atoms with van der Waals surface area (Å²) in [5, 5.41) is 3.14. The number of hydrogen-bond donors (Lipinski definition) is 2. The molecule has 0 spiro atoms. The Morgan fingerprint density at radius 3 is 2.73 bits per heavy atom. The number of aryl methyl sites for hydroxylation is 1. The molecule has 76 valence electrons. The predicted octanol–water partition coefficient (Wildman–Crippen LogP) is 2.11.